The van der Waals surface area contributed by atoms with E-state index in [1.807, 2.05) is 24.3 Å². The summed E-state index contributed by atoms with van der Waals surface area (Å²) in [4.78, 5) is 18.1. The topological polar surface area (TPSA) is 77.7 Å². The molecular weight excluding hydrogens is 486 g/mol. The quantitative estimate of drug-likeness (QED) is 0.527. The number of nitrogens with one attached hydrogen (secondary N) is 1. The number of carbonyl (C=O) groups is 1. The Morgan fingerprint density at radius 3 is 2.84 bits per heavy atom. The zero-order valence-corrected chi connectivity index (χ0v) is 18.8. The van der Waals surface area contributed by atoms with Gasteiger partial charge in [-0.15, -0.1) is 0 Å². The molecule has 3 aromatic rings. The number of aryl methyl sites for hydroxylation is 1. The van der Waals surface area contributed by atoms with E-state index in [2.05, 4.69) is 31.5 Å². The number of rotatable bonds is 6. The normalized spacial score (nSPS) is 15.3. The van der Waals surface area contributed by atoms with Crippen molar-refractivity contribution in [2.45, 2.75) is 33.1 Å². The molecule has 0 saturated carbocycles. The Morgan fingerprint density at radius 1 is 1.28 bits per heavy atom. The van der Waals surface area contributed by atoms with Gasteiger partial charge in [-0.2, -0.15) is 5.10 Å². The average Bonchev–Trinajstić information content (AvgIpc) is 3.34. The summed E-state index contributed by atoms with van der Waals surface area (Å²) in [6.07, 6.45) is -0.433. The fraction of sp³-hybridized carbons (Fsp3) is 0.227. The van der Waals surface area contributed by atoms with Gasteiger partial charge in [0, 0.05) is 22.5 Å². The molecule has 1 unspecified atom stereocenters. The molecule has 1 amide bonds. The molecule has 32 heavy (non-hydrogen) atoms. The van der Waals surface area contributed by atoms with E-state index < -0.39 is 17.7 Å². The lowest BCUT2D eigenvalue weighted by molar-refractivity contribution is -0.125. The number of halogens is 3. The molecule has 0 fully saturated rings. The van der Waals surface area contributed by atoms with Crippen molar-refractivity contribution in [3.63, 3.8) is 0 Å². The van der Waals surface area contributed by atoms with Crippen LogP contribution in [0.4, 0.5) is 14.5 Å². The first kappa shape index (κ1) is 21.9. The molecule has 0 spiro atoms. The Balaban J connectivity index is 1.40. The predicted octanol–water partition coefficient (Wildman–Crippen LogP) is 4.71. The highest BCUT2D eigenvalue weighted by atomic mass is 79.9. The van der Waals surface area contributed by atoms with Crippen molar-refractivity contribution >= 4 is 33.2 Å². The van der Waals surface area contributed by atoms with Crippen LogP contribution in [-0.2, 0) is 16.4 Å². The summed E-state index contributed by atoms with van der Waals surface area (Å²) in [7, 11) is 0. The molecule has 0 radical (unpaired) electrons. The van der Waals surface area contributed by atoms with E-state index in [-0.39, 0.29) is 18.4 Å². The molecule has 166 valence electrons. The van der Waals surface area contributed by atoms with E-state index in [1.54, 1.807) is 13.8 Å². The summed E-state index contributed by atoms with van der Waals surface area (Å²) in [6.45, 7) is 3.37. The summed E-state index contributed by atoms with van der Waals surface area (Å²) in [5.41, 5.74) is 3.25. The number of amides is 1. The minimum absolute atomic E-state index is 0.0962. The van der Waals surface area contributed by atoms with E-state index in [1.165, 1.54) is 10.7 Å². The maximum atomic E-state index is 13.8. The van der Waals surface area contributed by atoms with Gasteiger partial charge in [-0.05, 0) is 38.1 Å². The van der Waals surface area contributed by atoms with Gasteiger partial charge in [-0.3, -0.25) is 4.79 Å². The number of benzene rings is 2. The molecule has 4 rings (SSSR count). The monoisotopic (exact) mass is 504 g/mol. The zero-order valence-electron chi connectivity index (χ0n) is 17.2. The van der Waals surface area contributed by atoms with Crippen molar-refractivity contribution in [3.05, 3.63) is 75.5 Å². The second kappa shape index (κ2) is 9.07. The first-order chi connectivity index (χ1) is 15.3. The fourth-order valence-corrected chi connectivity index (χ4v) is 3.69. The number of anilines is 1. The van der Waals surface area contributed by atoms with Gasteiger partial charge in [0.25, 0.3) is 5.91 Å². The van der Waals surface area contributed by atoms with Gasteiger partial charge in [0.2, 0.25) is 6.10 Å². The van der Waals surface area contributed by atoms with Gasteiger partial charge in [0.05, 0.1) is 22.8 Å². The first-order valence-corrected chi connectivity index (χ1v) is 10.5. The van der Waals surface area contributed by atoms with E-state index in [9.17, 15) is 13.6 Å². The molecule has 2 heterocycles. The maximum Gasteiger partial charge on any atom is 0.268 e. The Hall–Kier alpha value is -3.27. The number of nitrogens with zero attached hydrogens (tertiary/aromatic N) is 3. The van der Waals surface area contributed by atoms with Crippen molar-refractivity contribution in [2.24, 2.45) is 5.16 Å². The molecule has 1 aliphatic rings. The standard InChI is InChI=1S/C22H19BrF2N4O3/c1-12-21(13(2)29(27-12)11-31-19-7-6-16(24)9-17(19)25)26-22(30)20-10-18(28-32-20)14-4-3-5-15(23)8-14/h3-9,20H,10-11H2,1-2H3,(H,26,30). The van der Waals surface area contributed by atoms with Crippen molar-refractivity contribution in [1.82, 2.24) is 9.78 Å². The average molecular weight is 505 g/mol. The Bertz CT molecular complexity index is 1210. The smallest absolute Gasteiger partial charge is 0.268 e. The van der Waals surface area contributed by atoms with E-state index >= 15 is 0 Å². The lowest BCUT2D eigenvalue weighted by Gasteiger charge is -2.11. The zero-order chi connectivity index (χ0) is 22.8. The first-order valence-electron chi connectivity index (χ1n) is 9.73. The molecule has 1 atom stereocenters. The number of ether oxygens (including phenoxy) is 1. The minimum atomic E-state index is -0.806. The summed E-state index contributed by atoms with van der Waals surface area (Å²) < 4.78 is 34.6. The van der Waals surface area contributed by atoms with Gasteiger partial charge < -0.3 is 14.9 Å². The van der Waals surface area contributed by atoms with Gasteiger partial charge in [-0.1, -0.05) is 33.2 Å². The molecule has 2 aromatic carbocycles. The van der Waals surface area contributed by atoms with Crippen molar-refractivity contribution < 1.29 is 23.1 Å². The van der Waals surface area contributed by atoms with E-state index in [0.29, 0.717) is 29.2 Å². The SMILES string of the molecule is Cc1nn(COc2ccc(F)cc2F)c(C)c1NC(=O)C1CC(c2cccc(Br)c2)=NO1. The van der Waals surface area contributed by atoms with Crippen LogP contribution in [0.25, 0.3) is 0 Å². The second-order valence-electron chi connectivity index (χ2n) is 7.23. The number of hydrogen-bond acceptors (Lipinski definition) is 5. The van der Waals surface area contributed by atoms with Crippen LogP contribution in [0.3, 0.4) is 0 Å². The van der Waals surface area contributed by atoms with Crippen molar-refractivity contribution in [1.29, 1.82) is 0 Å². The van der Waals surface area contributed by atoms with Crippen LogP contribution in [0, 0.1) is 25.5 Å². The number of hydrogen-bond donors (Lipinski definition) is 1. The summed E-state index contributed by atoms with van der Waals surface area (Å²) in [5, 5.41) is 11.2. The molecule has 7 nitrogen and oxygen atoms in total. The molecule has 0 saturated heterocycles. The highest BCUT2D eigenvalue weighted by molar-refractivity contribution is 9.10. The largest absolute Gasteiger partial charge is 0.468 e. The lowest BCUT2D eigenvalue weighted by atomic mass is 10.0. The molecule has 0 bridgehead atoms. The molecule has 1 N–H and O–H groups in total. The third kappa shape index (κ3) is 4.64. The number of aromatic nitrogens is 2. The van der Waals surface area contributed by atoms with Gasteiger partial charge in [-0.25, -0.2) is 13.5 Å². The Kier molecular flexibility index (Phi) is 6.22. The third-order valence-corrected chi connectivity index (χ3v) is 5.48. The van der Waals surface area contributed by atoms with Crippen molar-refractivity contribution in [2.75, 3.05) is 5.32 Å². The van der Waals surface area contributed by atoms with E-state index in [4.69, 9.17) is 9.57 Å². The molecule has 1 aliphatic heterocycles. The van der Waals surface area contributed by atoms with Crippen molar-refractivity contribution in [3.8, 4) is 5.75 Å². The van der Waals surface area contributed by atoms with Gasteiger partial charge in [0.15, 0.2) is 18.3 Å². The predicted molar refractivity (Wildman–Crippen MR) is 117 cm³/mol. The maximum absolute atomic E-state index is 13.8. The minimum Gasteiger partial charge on any atom is -0.468 e. The van der Waals surface area contributed by atoms with E-state index in [0.717, 1.165) is 22.2 Å². The summed E-state index contributed by atoms with van der Waals surface area (Å²) >= 11 is 3.42. The molecule has 10 heteroatoms. The van der Waals surface area contributed by atoms with Crippen LogP contribution in [0.15, 0.2) is 52.1 Å². The van der Waals surface area contributed by atoms with Crippen LogP contribution >= 0.6 is 15.9 Å². The van der Waals surface area contributed by atoms with Crippen LogP contribution in [0.2, 0.25) is 0 Å². The van der Waals surface area contributed by atoms with Crippen LogP contribution < -0.4 is 10.1 Å². The molecule has 1 aromatic heterocycles. The number of oxime groups is 1. The van der Waals surface area contributed by atoms with Gasteiger partial charge >= 0.3 is 0 Å². The fourth-order valence-electron chi connectivity index (χ4n) is 3.29. The summed E-state index contributed by atoms with van der Waals surface area (Å²) in [6, 6.07) is 10.7. The highest BCUT2D eigenvalue weighted by Gasteiger charge is 2.30. The van der Waals surface area contributed by atoms with Gasteiger partial charge in [0.1, 0.15) is 5.82 Å². The third-order valence-electron chi connectivity index (χ3n) is 4.99. The molecule has 0 aliphatic carbocycles. The van der Waals surface area contributed by atoms with Crippen LogP contribution in [-0.4, -0.2) is 27.5 Å². The second-order valence-corrected chi connectivity index (χ2v) is 8.14. The summed E-state index contributed by atoms with van der Waals surface area (Å²) in [5.74, 6) is -1.94. The molecular formula is C22H19BrF2N4O3. The number of carbonyl (C=O) groups excluding carboxylic acids is 1. The van der Waals surface area contributed by atoms with Crippen LogP contribution in [0.1, 0.15) is 23.4 Å². The Morgan fingerprint density at radius 2 is 2.09 bits per heavy atom. The highest BCUT2D eigenvalue weighted by Crippen LogP contribution is 2.24. The Labute approximate surface area is 191 Å². The lowest BCUT2D eigenvalue weighted by Crippen LogP contribution is -2.28. The van der Waals surface area contributed by atoms with Crippen LogP contribution in [0.5, 0.6) is 5.75 Å².